The van der Waals surface area contributed by atoms with E-state index in [1.807, 2.05) is 6.07 Å². The zero-order valence-corrected chi connectivity index (χ0v) is 15.1. The summed E-state index contributed by atoms with van der Waals surface area (Å²) in [5.74, 6) is 1.04. The van der Waals surface area contributed by atoms with Gasteiger partial charge in [0, 0.05) is 62.1 Å². The number of hydrogen-bond donors (Lipinski definition) is 0. The van der Waals surface area contributed by atoms with Gasteiger partial charge in [0.05, 0.1) is 0 Å². The van der Waals surface area contributed by atoms with Gasteiger partial charge in [-0.05, 0) is 36.8 Å². The zero-order chi connectivity index (χ0) is 17.5. The smallest absolute Gasteiger partial charge is 0.250 e. The van der Waals surface area contributed by atoms with Crippen molar-refractivity contribution in [3.63, 3.8) is 0 Å². The Morgan fingerprint density at radius 2 is 1.73 bits per heavy atom. The van der Waals surface area contributed by atoms with E-state index in [1.165, 1.54) is 23.2 Å². The highest BCUT2D eigenvalue weighted by atomic mass is 16.5. The monoisotopic (exact) mass is 350 g/mol. The maximum Gasteiger partial charge on any atom is 0.250 e. The third kappa shape index (κ3) is 2.81. The Balaban J connectivity index is 1.54. The number of fused-ring (bicyclic) bond motifs is 4. The van der Waals surface area contributed by atoms with Crippen molar-refractivity contribution < 1.29 is 4.74 Å². The van der Waals surface area contributed by atoms with Gasteiger partial charge < -0.3 is 9.30 Å². The van der Waals surface area contributed by atoms with Gasteiger partial charge in [0.15, 0.2) is 0 Å². The molecule has 1 aromatic heterocycles. The van der Waals surface area contributed by atoms with Crippen LogP contribution in [0, 0.1) is 5.92 Å². The van der Waals surface area contributed by atoms with Crippen LogP contribution in [-0.2, 0) is 11.3 Å². The zero-order valence-electron chi connectivity index (χ0n) is 15.1. The molecule has 0 N–H and O–H groups in total. The van der Waals surface area contributed by atoms with E-state index in [0.717, 1.165) is 45.7 Å². The predicted molar refractivity (Wildman–Crippen MR) is 102 cm³/mol. The van der Waals surface area contributed by atoms with Crippen molar-refractivity contribution in [1.29, 1.82) is 0 Å². The number of nitrogens with zero attached hydrogens (tertiary/aromatic N) is 2. The Labute approximate surface area is 154 Å². The minimum atomic E-state index is 0.161. The molecule has 2 atom stereocenters. The Morgan fingerprint density at radius 1 is 0.923 bits per heavy atom. The van der Waals surface area contributed by atoms with E-state index in [0.29, 0.717) is 17.9 Å². The number of pyridine rings is 1. The van der Waals surface area contributed by atoms with Gasteiger partial charge in [0.1, 0.15) is 0 Å². The molecule has 4 nitrogen and oxygen atoms in total. The minimum Gasteiger partial charge on any atom is -0.381 e. The fraction of sp³-hybridized carbons (Fsp3) is 0.500. The van der Waals surface area contributed by atoms with Crippen molar-refractivity contribution in [2.24, 2.45) is 5.92 Å². The largest absolute Gasteiger partial charge is 0.381 e. The number of ether oxygens (including phenoxy) is 1. The number of hydrogen-bond acceptors (Lipinski definition) is 3. The third-order valence-electron chi connectivity index (χ3n) is 6.41. The summed E-state index contributed by atoms with van der Waals surface area (Å²) in [6.07, 6.45) is 3.50. The quantitative estimate of drug-likeness (QED) is 0.835. The summed E-state index contributed by atoms with van der Waals surface area (Å²) in [7, 11) is 0. The number of rotatable bonds is 2. The van der Waals surface area contributed by atoms with Crippen molar-refractivity contribution >= 4 is 0 Å². The number of aromatic nitrogens is 1. The molecule has 0 amide bonds. The van der Waals surface area contributed by atoms with Crippen LogP contribution in [0.4, 0.5) is 0 Å². The predicted octanol–water partition coefficient (Wildman–Crippen LogP) is 3.11. The van der Waals surface area contributed by atoms with E-state index in [-0.39, 0.29) is 5.56 Å². The maximum atomic E-state index is 12.6. The normalized spacial score (nSPS) is 26.5. The van der Waals surface area contributed by atoms with Crippen LogP contribution >= 0.6 is 0 Å². The first-order valence-corrected chi connectivity index (χ1v) is 9.90. The van der Waals surface area contributed by atoms with Gasteiger partial charge in [-0.25, -0.2) is 0 Å². The lowest BCUT2D eigenvalue weighted by Gasteiger charge is -2.47. The van der Waals surface area contributed by atoms with Crippen LogP contribution in [-0.4, -0.2) is 41.8 Å². The first kappa shape index (κ1) is 16.3. The molecule has 2 saturated heterocycles. The lowest BCUT2D eigenvalue weighted by atomic mass is 9.79. The van der Waals surface area contributed by atoms with E-state index < -0.39 is 0 Å². The van der Waals surface area contributed by atoms with Gasteiger partial charge in [-0.15, -0.1) is 0 Å². The summed E-state index contributed by atoms with van der Waals surface area (Å²) in [6, 6.07) is 15.0. The summed E-state index contributed by atoms with van der Waals surface area (Å²) in [4.78, 5) is 15.3. The molecule has 2 unspecified atom stereocenters. The van der Waals surface area contributed by atoms with E-state index >= 15 is 0 Å². The highest BCUT2D eigenvalue weighted by molar-refractivity contribution is 5.66. The molecule has 2 bridgehead atoms. The van der Waals surface area contributed by atoms with Crippen LogP contribution in [0.5, 0.6) is 0 Å². The number of piperidine rings is 1. The molecule has 0 radical (unpaired) electrons. The molecule has 2 aromatic rings. The Morgan fingerprint density at radius 3 is 2.54 bits per heavy atom. The average molecular weight is 350 g/mol. The summed E-state index contributed by atoms with van der Waals surface area (Å²) in [5, 5.41) is 0. The Hall–Kier alpha value is -1.91. The molecule has 1 aromatic carbocycles. The summed E-state index contributed by atoms with van der Waals surface area (Å²) in [5.41, 5.74) is 3.88. The maximum absolute atomic E-state index is 12.6. The van der Waals surface area contributed by atoms with Gasteiger partial charge in [-0.1, -0.05) is 30.3 Å². The van der Waals surface area contributed by atoms with Crippen molar-refractivity contribution in [1.82, 2.24) is 9.47 Å². The standard InChI is InChI=1S/C22H26N2O2/c25-21-7-6-20(17-4-2-1-3-5-17)22-18-12-16(14-24(21)22)13-23(15-18)19-8-10-26-11-9-19/h1-7,16,18-19H,8-15H2. The Bertz CT molecular complexity index is 839. The van der Waals surface area contributed by atoms with Crippen LogP contribution in [0.2, 0.25) is 0 Å². The first-order valence-electron chi connectivity index (χ1n) is 9.90. The molecule has 136 valence electrons. The molecule has 3 aliphatic heterocycles. The molecule has 4 heteroatoms. The minimum absolute atomic E-state index is 0.161. The van der Waals surface area contributed by atoms with E-state index in [2.05, 4.69) is 39.8 Å². The molecule has 0 saturated carbocycles. The number of likely N-dealkylation sites (tertiary alicyclic amines) is 1. The lowest BCUT2D eigenvalue weighted by Crippen LogP contribution is -2.51. The summed E-state index contributed by atoms with van der Waals surface area (Å²) in [6.45, 7) is 4.85. The van der Waals surface area contributed by atoms with E-state index in [1.54, 1.807) is 6.07 Å². The Kier molecular flexibility index (Phi) is 4.18. The van der Waals surface area contributed by atoms with Crippen molar-refractivity contribution in [3.05, 3.63) is 58.5 Å². The molecular weight excluding hydrogens is 324 g/mol. The van der Waals surface area contributed by atoms with E-state index in [4.69, 9.17) is 4.74 Å². The van der Waals surface area contributed by atoms with Crippen molar-refractivity contribution in [3.8, 4) is 11.1 Å². The van der Waals surface area contributed by atoms with Gasteiger partial charge in [0.2, 0.25) is 0 Å². The SMILES string of the molecule is O=c1ccc(-c2ccccc2)c2n1CC1CC2CN(C2CCOCC2)C1. The van der Waals surface area contributed by atoms with Crippen LogP contribution in [0.1, 0.15) is 30.9 Å². The topological polar surface area (TPSA) is 34.5 Å². The van der Waals surface area contributed by atoms with Gasteiger partial charge in [-0.3, -0.25) is 9.69 Å². The summed E-state index contributed by atoms with van der Waals surface area (Å²) < 4.78 is 7.63. The second-order valence-electron chi connectivity index (χ2n) is 8.04. The fourth-order valence-corrected chi connectivity index (χ4v) is 5.26. The highest BCUT2D eigenvalue weighted by Crippen LogP contribution is 2.40. The molecule has 0 aliphatic carbocycles. The van der Waals surface area contributed by atoms with Gasteiger partial charge in [0.25, 0.3) is 5.56 Å². The average Bonchev–Trinajstić information content (AvgIpc) is 2.70. The third-order valence-corrected chi connectivity index (χ3v) is 6.41. The van der Waals surface area contributed by atoms with Crippen LogP contribution in [0.3, 0.4) is 0 Å². The van der Waals surface area contributed by atoms with Crippen LogP contribution < -0.4 is 5.56 Å². The van der Waals surface area contributed by atoms with Crippen LogP contribution in [0.15, 0.2) is 47.3 Å². The van der Waals surface area contributed by atoms with Crippen LogP contribution in [0.25, 0.3) is 11.1 Å². The summed E-state index contributed by atoms with van der Waals surface area (Å²) >= 11 is 0. The van der Waals surface area contributed by atoms with Crippen molar-refractivity contribution in [2.75, 3.05) is 26.3 Å². The van der Waals surface area contributed by atoms with Gasteiger partial charge >= 0.3 is 0 Å². The van der Waals surface area contributed by atoms with E-state index in [9.17, 15) is 4.79 Å². The fourth-order valence-electron chi connectivity index (χ4n) is 5.26. The molecule has 2 fully saturated rings. The molecule has 5 rings (SSSR count). The molecule has 4 heterocycles. The molecule has 0 spiro atoms. The first-order chi connectivity index (χ1) is 12.8. The molecule has 26 heavy (non-hydrogen) atoms. The van der Waals surface area contributed by atoms with Gasteiger partial charge in [-0.2, -0.15) is 0 Å². The van der Waals surface area contributed by atoms with Crippen molar-refractivity contribution in [2.45, 2.75) is 37.8 Å². The molecule has 3 aliphatic rings. The molecular formula is C22H26N2O2. The lowest BCUT2D eigenvalue weighted by molar-refractivity contribution is 0.00597. The number of benzene rings is 1. The second kappa shape index (κ2) is 6.67. The second-order valence-corrected chi connectivity index (χ2v) is 8.04. The highest BCUT2D eigenvalue weighted by Gasteiger charge is 2.38.